The summed E-state index contributed by atoms with van der Waals surface area (Å²) < 4.78 is 6.62. The van der Waals surface area contributed by atoms with Gasteiger partial charge in [-0.3, -0.25) is 4.79 Å². The Balaban J connectivity index is 1.88. The molecule has 0 amide bonds. The van der Waals surface area contributed by atoms with Crippen LogP contribution in [-0.4, -0.2) is 31.3 Å². The van der Waals surface area contributed by atoms with E-state index in [4.69, 9.17) is 4.42 Å². The third kappa shape index (κ3) is 2.55. The first-order chi connectivity index (χ1) is 10.1. The smallest absolute Gasteiger partial charge is 0.311 e. The summed E-state index contributed by atoms with van der Waals surface area (Å²) in [5, 5.41) is 21.3. The molecular weight excluding hydrogens is 272 g/mol. The van der Waals surface area contributed by atoms with Crippen molar-refractivity contribution >= 4 is 5.97 Å². The summed E-state index contributed by atoms with van der Waals surface area (Å²) in [5.74, 6) is 0.366. The van der Waals surface area contributed by atoms with E-state index in [1.807, 2.05) is 0 Å². The standard InChI is InChI=1S/C14H18N4O3/c1-10-2-5-14(6-3-10,13(19)20)9-18-12(15-16-17-18)11-4-7-21-8-11/h4,7-8,10H,2-3,5-6,9H2,1H3,(H,19,20). The van der Waals surface area contributed by atoms with Crippen LogP contribution in [0.4, 0.5) is 0 Å². The fourth-order valence-electron chi connectivity index (χ4n) is 2.95. The number of carboxylic acids is 1. The van der Waals surface area contributed by atoms with Gasteiger partial charge in [0.05, 0.1) is 23.8 Å². The Hall–Kier alpha value is -2.18. The fraction of sp³-hybridized carbons (Fsp3) is 0.571. The van der Waals surface area contributed by atoms with Gasteiger partial charge in [0.1, 0.15) is 6.26 Å². The highest BCUT2D eigenvalue weighted by molar-refractivity contribution is 5.74. The maximum Gasteiger partial charge on any atom is 0.311 e. The van der Waals surface area contributed by atoms with Crippen molar-refractivity contribution in [3.8, 4) is 11.4 Å². The molecule has 2 aromatic rings. The highest BCUT2D eigenvalue weighted by Crippen LogP contribution is 2.40. The van der Waals surface area contributed by atoms with Crippen LogP contribution in [0.3, 0.4) is 0 Å². The van der Waals surface area contributed by atoms with E-state index in [0.29, 0.717) is 31.1 Å². The normalized spacial score (nSPS) is 25.9. The van der Waals surface area contributed by atoms with Gasteiger partial charge in [-0.15, -0.1) is 5.10 Å². The predicted octanol–water partition coefficient (Wildman–Crippen LogP) is 2.21. The average molecular weight is 290 g/mol. The maximum atomic E-state index is 11.8. The number of aliphatic carboxylic acids is 1. The van der Waals surface area contributed by atoms with Gasteiger partial charge in [-0.2, -0.15) is 0 Å². The highest BCUT2D eigenvalue weighted by Gasteiger charge is 2.42. The lowest BCUT2D eigenvalue weighted by Crippen LogP contribution is -2.39. The van der Waals surface area contributed by atoms with Gasteiger partial charge >= 0.3 is 5.97 Å². The number of tetrazole rings is 1. The Morgan fingerprint density at radius 3 is 2.90 bits per heavy atom. The van der Waals surface area contributed by atoms with Gasteiger partial charge in [0.25, 0.3) is 0 Å². The van der Waals surface area contributed by atoms with Crippen molar-refractivity contribution in [1.29, 1.82) is 0 Å². The van der Waals surface area contributed by atoms with Crippen molar-refractivity contribution in [2.24, 2.45) is 11.3 Å². The molecule has 2 heterocycles. The van der Waals surface area contributed by atoms with Crippen molar-refractivity contribution < 1.29 is 14.3 Å². The Bertz CT molecular complexity index is 612. The Kier molecular flexibility index (Phi) is 3.48. The first-order valence-corrected chi connectivity index (χ1v) is 7.13. The lowest BCUT2D eigenvalue weighted by molar-refractivity contribution is -0.152. The van der Waals surface area contributed by atoms with E-state index in [9.17, 15) is 9.90 Å². The number of nitrogens with zero attached hydrogens (tertiary/aromatic N) is 4. The molecule has 1 aliphatic carbocycles. The number of furan rings is 1. The van der Waals surface area contributed by atoms with E-state index in [-0.39, 0.29) is 0 Å². The molecule has 0 spiro atoms. The SMILES string of the molecule is CC1CCC(Cn2nnnc2-c2ccoc2)(C(=O)O)CC1. The van der Waals surface area contributed by atoms with Crippen molar-refractivity contribution in [2.45, 2.75) is 39.2 Å². The topological polar surface area (TPSA) is 94.0 Å². The molecular formula is C14H18N4O3. The minimum Gasteiger partial charge on any atom is -0.481 e. The van der Waals surface area contributed by atoms with E-state index in [1.54, 1.807) is 23.3 Å². The molecule has 7 heteroatoms. The van der Waals surface area contributed by atoms with E-state index in [1.165, 1.54) is 0 Å². The average Bonchev–Trinajstić information content (AvgIpc) is 3.12. The lowest BCUT2D eigenvalue weighted by atomic mass is 9.71. The first-order valence-electron chi connectivity index (χ1n) is 7.13. The molecule has 0 atom stereocenters. The number of hydrogen-bond donors (Lipinski definition) is 1. The first kappa shape index (κ1) is 13.8. The molecule has 0 aliphatic heterocycles. The zero-order valence-corrected chi connectivity index (χ0v) is 11.9. The largest absolute Gasteiger partial charge is 0.481 e. The molecule has 0 bridgehead atoms. The second-order valence-corrected chi connectivity index (χ2v) is 5.94. The minimum atomic E-state index is -0.777. The van der Waals surface area contributed by atoms with Gasteiger partial charge in [-0.25, -0.2) is 4.68 Å². The van der Waals surface area contributed by atoms with Gasteiger partial charge in [-0.1, -0.05) is 6.92 Å². The molecule has 0 radical (unpaired) electrons. The molecule has 3 rings (SSSR count). The molecule has 7 nitrogen and oxygen atoms in total. The molecule has 1 aliphatic rings. The van der Waals surface area contributed by atoms with Gasteiger partial charge in [0.2, 0.25) is 0 Å². The van der Waals surface area contributed by atoms with Crippen molar-refractivity contribution in [3.05, 3.63) is 18.6 Å². The van der Waals surface area contributed by atoms with E-state index >= 15 is 0 Å². The second kappa shape index (κ2) is 5.31. The van der Waals surface area contributed by atoms with E-state index in [0.717, 1.165) is 18.4 Å². The monoisotopic (exact) mass is 290 g/mol. The zero-order chi connectivity index (χ0) is 14.9. The van der Waals surface area contributed by atoms with Crippen LogP contribution in [0.1, 0.15) is 32.6 Å². The van der Waals surface area contributed by atoms with Crippen LogP contribution in [0.15, 0.2) is 23.0 Å². The van der Waals surface area contributed by atoms with Crippen LogP contribution < -0.4 is 0 Å². The second-order valence-electron chi connectivity index (χ2n) is 5.94. The summed E-state index contributed by atoms with van der Waals surface area (Å²) in [4.78, 5) is 11.8. The summed E-state index contributed by atoms with van der Waals surface area (Å²) in [7, 11) is 0. The summed E-state index contributed by atoms with van der Waals surface area (Å²) in [6.07, 6.45) is 6.27. The van der Waals surface area contributed by atoms with E-state index < -0.39 is 11.4 Å². The minimum absolute atomic E-state index is 0.294. The van der Waals surface area contributed by atoms with Crippen LogP contribution in [0.5, 0.6) is 0 Å². The predicted molar refractivity (Wildman–Crippen MR) is 73.2 cm³/mol. The highest BCUT2D eigenvalue weighted by atomic mass is 16.4. The van der Waals surface area contributed by atoms with Gasteiger partial charge in [0, 0.05) is 0 Å². The number of hydrogen-bond acceptors (Lipinski definition) is 5. The van der Waals surface area contributed by atoms with Crippen LogP contribution in [0.2, 0.25) is 0 Å². The number of carbonyl (C=O) groups is 1. The summed E-state index contributed by atoms with van der Waals surface area (Å²) in [6.45, 7) is 2.46. The third-order valence-corrected chi connectivity index (χ3v) is 4.45. The summed E-state index contributed by atoms with van der Waals surface area (Å²) in [6, 6.07) is 1.76. The lowest BCUT2D eigenvalue weighted by Gasteiger charge is -2.35. The zero-order valence-electron chi connectivity index (χ0n) is 11.9. The van der Waals surface area contributed by atoms with Gasteiger partial charge in [0.15, 0.2) is 5.82 Å². The molecule has 1 fully saturated rings. The Morgan fingerprint density at radius 2 is 2.29 bits per heavy atom. The van der Waals surface area contributed by atoms with Crippen molar-refractivity contribution in [1.82, 2.24) is 20.2 Å². The Morgan fingerprint density at radius 1 is 1.52 bits per heavy atom. The van der Waals surface area contributed by atoms with Crippen molar-refractivity contribution in [2.75, 3.05) is 0 Å². The van der Waals surface area contributed by atoms with Gasteiger partial charge in [-0.05, 0) is 48.1 Å². The number of carboxylic acid groups (broad SMARTS) is 1. The third-order valence-electron chi connectivity index (χ3n) is 4.45. The number of aromatic nitrogens is 4. The maximum absolute atomic E-state index is 11.8. The summed E-state index contributed by atoms with van der Waals surface area (Å²) >= 11 is 0. The van der Waals surface area contributed by atoms with Crippen LogP contribution in [0.25, 0.3) is 11.4 Å². The molecule has 112 valence electrons. The molecule has 1 N–H and O–H groups in total. The van der Waals surface area contributed by atoms with Crippen molar-refractivity contribution in [3.63, 3.8) is 0 Å². The Labute approximate surface area is 122 Å². The number of rotatable bonds is 4. The van der Waals surface area contributed by atoms with Crippen LogP contribution >= 0.6 is 0 Å². The molecule has 1 saturated carbocycles. The van der Waals surface area contributed by atoms with Gasteiger partial charge < -0.3 is 9.52 Å². The molecule has 21 heavy (non-hydrogen) atoms. The van der Waals surface area contributed by atoms with E-state index in [2.05, 4.69) is 22.4 Å². The quantitative estimate of drug-likeness (QED) is 0.927. The molecule has 0 unspecified atom stereocenters. The molecule has 2 aromatic heterocycles. The molecule has 0 aromatic carbocycles. The summed E-state index contributed by atoms with van der Waals surface area (Å²) in [5.41, 5.74) is -0.0230. The van der Waals surface area contributed by atoms with Crippen LogP contribution in [0, 0.1) is 11.3 Å². The van der Waals surface area contributed by atoms with Crippen LogP contribution in [-0.2, 0) is 11.3 Å². The molecule has 0 saturated heterocycles. The fourth-order valence-corrected chi connectivity index (χ4v) is 2.95.